The van der Waals surface area contributed by atoms with Crippen LogP contribution in [0.15, 0.2) is 36.4 Å². The van der Waals surface area contributed by atoms with Crippen LogP contribution >= 0.6 is 11.6 Å². The number of halogens is 2. The first-order valence-corrected chi connectivity index (χ1v) is 6.99. The van der Waals surface area contributed by atoms with Gasteiger partial charge in [-0.3, -0.25) is 0 Å². The van der Waals surface area contributed by atoms with Crippen LogP contribution in [-0.2, 0) is 6.42 Å². The molecule has 20 heavy (non-hydrogen) atoms. The van der Waals surface area contributed by atoms with Gasteiger partial charge in [0.25, 0.3) is 0 Å². The summed E-state index contributed by atoms with van der Waals surface area (Å²) < 4.78 is 19.4. The highest BCUT2D eigenvalue weighted by molar-refractivity contribution is 6.31. The highest BCUT2D eigenvalue weighted by atomic mass is 35.5. The Bertz CT molecular complexity index is 644. The lowest BCUT2D eigenvalue weighted by Gasteiger charge is -2.17. The van der Waals surface area contributed by atoms with Crippen LogP contribution < -0.4 is 10.1 Å². The number of ether oxygens (including phenoxy) is 1. The average Bonchev–Trinajstić information content (AvgIpc) is 2.91. The van der Waals surface area contributed by atoms with Gasteiger partial charge in [-0.05, 0) is 42.3 Å². The summed E-state index contributed by atoms with van der Waals surface area (Å²) >= 11 is 5.79. The fourth-order valence-electron chi connectivity index (χ4n) is 2.41. The van der Waals surface area contributed by atoms with E-state index >= 15 is 0 Å². The molecule has 0 aromatic heterocycles. The molecule has 0 bridgehead atoms. The van der Waals surface area contributed by atoms with Crippen molar-refractivity contribution in [2.75, 3.05) is 11.9 Å². The van der Waals surface area contributed by atoms with Crippen LogP contribution in [0, 0.1) is 5.82 Å². The number of benzene rings is 2. The molecule has 0 spiro atoms. The normalized spacial score (nSPS) is 14.6. The first-order valence-electron chi connectivity index (χ1n) is 6.61. The number of fused-ring (bicyclic) bond motifs is 1. The van der Waals surface area contributed by atoms with E-state index < -0.39 is 5.82 Å². The smallest absolute Gasteiger partial charge is 0.164 e. The Morgan fingerprint density at radius 2 is 2.15 bits per heavy atom. The molecular formula is C16H15ClFNO. The monoisotopic (exact) mass is 291 g/mol. The molecule has 3 rings (SSSR count). The first kappa shape index (κ1) is 13.3. The third kappa shape index (κ3) is 2.46. The van der Waals surface area contributed by atoms with Gasteiger partial charge in [0.2, 0.25) is 0 Å². The van der Waals surface area contributed by atoms with Crippen molar-refractivity contribution < 1.29 is 9.13 Å². The Hall–Kier alpha value is -1.74. The fraction of sp³-hybridized carbons (Fsp3) is 0.250. The van der Waals surface area contributed by atoms with Crippen molar-refractivity contribution in [3.05, 3.63) is 58.4 Å². The number of hydrogen-bond donors (Lipinski definition) is 1. The summed E-state index contributed by atoms with van der Waals surface area (Å²) in [4.78, 5) is 0. The molecule has 1 atom stereocenters. The lowest BCUT2D eigenvalue weighted by molar-refractivity contribution is 0.357. The van der Waals surface area contributed by atoms with E-state index in [9.17, 15) is 4.39 Å². The van der Waals surface area contributed by atoms with Gasteiger partial charge in [0.15, 0.2) is 5.82 Å². The van der Waals surface area contributed by atoms with E-state index in [1.807, 2.05) is 19.1 Å². The standard InChI is InChI=1S/C16H15ClFNO/c1-10(19-14-4-2-3-13(17)16(14)18)11-5-6-15-12(9-11)7-8-20-15/h2-6,9-10,19H,7-8H2,1H3. The summed E-state index contributed by atoms with van der Waals surface area (Å²) in [7, 11) is 0. The maximum Gasteiger partial charge on any atom is 0.164 e. The summed E-state index contributed by atoms with van der Waals surface area (Å²) in [6.07, 6.45) is 0.932. The lowest BCUT2D eigenvalue weighted by Crippen LogP contribution is -2.08. The van der Waals surface area contributed by atoms with Gasteiger partial charge in [-0.25, -0.2) is 4.39 Å². The Balaban J connectivity index is 1.82. The molecule has 0 fully saturated rings. The van der Waals surface area contributed by atoms with E-state index in [4.69, 9.17) is 16.3 Å². The molecule has 0 radical (unpaired) electrons. The summed E-state index contributed by atoms with van der Waals surface area (Å²) in [5, 5.41) is 3.29. The van der Waals surface area contributed by atoms with Crippen LogP contribution in [-0.4, -0.2) is 6.61 Å². The number of rotatable bonds is 3. The predicted octanol–water partition coefficient (Wildman–Crippen LogP) is 4.59. The Labute approximate surface area is 122 Å². The third-order valence-electron chi connectivity index (χ3n) is 3.54. The van der Waals surface area contributed by atoms with E-state index in [-0.39, 0.29) is 11.1 Å². The minimum absolute atomic E-state index is 0.00568. The summed E-state index contributed by atoms with van der Waals surface area (Å²) in [5.41, 5.74) is 2.73. The number of anilines is 1. The molecule has 1 N–H and O–H groups in total. The molecule has 0 aliphatic carbocycles. The van der Waals surface area contributed by atoms with Crippen LogP contribution in [0.2, 0.25) is 5.02 Å². The predicted molar refractivity (Wildman–Crippen MR) is 79.1 cm³/mol. The van der Waals surface area contributed by atoms with E-state index in [0.717, 1.165) is 24.3 Å². The van der Waals surface area contributed by atoms with E-state index in [1.54, 1.807) is 18.2 Å². The fourth-order valence-corrected chi connectivity index (χ4v) is 2.58. The van der Waals surface area contributed by atoms with Crippen LogP contribution in [0.4, 0.5) is 10.1 Å². The molecule has 2 aromatic carbocycles. The molecule has 1 heterocycles. The minimum Gasteiger partial charge on any atom is -0.493 e. The SMILES string of the molecule is CC(Nc1cccc(Cl)c1F)c1ccc2c(c1)CCO2. The second-order valence-corrected chi connectivity index (χ2v) is 5.34. The zero-order valence-electron chi connectivity index (χ0n) is 11.1. The van der Waals surface area contributed by atoms with Crippen molar-refractivity contribution in [1.29, 1.82) is 0 Å². The van der Waals surface area contributed by atoms with Crippen molar-refractivity contribution >= 4 is 17.3 Å². The Kier molecular flexibility index (Phi) is 3.53. The third-order valence-corrected chi connectivity index (χ3v) is 3.83. The molecule has 0 saturated heterocycles. The molecule has 0 saturated carbocycles. The molecule has 4 heteroatoms. The molecular weight excluding hydrogens is 277 g/mol. The van der Waals surface area contributed by atoms with Gasteiger partial charge in [-0.15, -0.1) is 0 Å². The summed E-state index contributed by atoms with van der Waals surface area (Å²) in [6.45, 7) is 2.74. The quantitative estimate of drug-likeness (QED) is 0.893. The largest absolute Gasteiger partial charge is 0.493 e. The highest BCUT2D eigenvalue weighted by Gasteiger charge is 2.15. The van der Waals surface area contributed by atoms with Gasteiger partial charge in [0, 0.05) is 12.5 Å². The molecule has 0 amide bonds. The second kappa shape index (κ2) is 5.33. The first-order chi connectivity index (χ1) is 9.65. The molecule has 1 unspecified atom stereocenters. The van der Waals surface area contributed by atoms with Gasteiger partial charge in [-0.1, -0.05) is 23.7 Å². The molecule has 2 aromatic rings. The van der Waals surface area contributed by atoms with Crippen LogP contribution in [0.3, 0.4) is 0 Å². The zero-order chi connectivity index (χ0) is 14.1. The summed E-state index contributed by atoms with van der Waals surface area (Å²) in [6, 6.07) is 11.1. The summed E-state index contributed by atoms with van der Waals surface area (Å²) in [5.74, 6) is 0.542. The maximum atomic E-state index is 13.9. The molecule has 104 valence electrons. The van der Waals surface area contributed by atoms with Gasteiger partial charge in [-0.2, -0.15) is 0 Å². The highest BCUT2D eigenvalue weighted by Crippen LogP contribution is 2.30. The van der Waals surface area contributed by atoms with Gasteiger partial charge >= 0.3 is 0 Å². The zero-order valence-corrected chi connectivity index (χ0v) is 11.9. The lowest BCUT2D eigenvalue weighted by atomic mass is 10.0. The maximum absolute atomic E-state index is 13.9. The Morgan fingerprint density at radius 3 is 3.00 bits per heavy atom. The molecule has 1 aliphatic rings. The van der Waals surface area contributed by atoms with Crippen molar-refractivity contribution in [2.24, 2.45) is 0 Å². The number of hydrogen-bond acceptors (Lipinski definition) is 2. The van der Waals surface area contributed by atoms with E-state index in [0.29, 0.717) is 5.69 Å². The molecule has 2 nitrogen and oxygen atoms in total. The van der Waals surface area contributed by atoms with Crippen molar-refractivity contribution in [2.45, 2.75) is 19.4 Å². The van der Waals surface area contributed by atoms with E-state index in [2.05, 4.69) is 11.4 Å². The van der Waals surface area contributed by atoms with Gasteiger partial charge < -0.3 is 10.1 Å². The topological polar surface area (TPSA) is 21.3 Å². The second-order valence-electron chi connectivity index (χ2n) is 4.93. The van der Waals surface area contributed by atoms with Crippen molar-refractivity contribution in [3.63, 3.8) is 0 Å². The van der Waals surface area contributed by atoms with Crippen LogP contribution in [0.25, 0.3) is 0 Å². The van der Waals surface area contributed by atoms with Crippen molar-refractivity contribution in [3.8, 4) is 5.75 Å². The van der Waals surface area contributed by atoms with Crippen molar-refractivity contribution in [1.82, 2.24) is 0 Å². The number of nitrogens with one attached hydrogen (secondary N) is 1. The average molecular weight is 292 g/mol. The van der Waals surface area contributed by atoms with Crippen LogP contribution in [0.5, 0.6) is 5.75 Å². The minimum atomic E-state index is -0.412. The van der Waals surface area contributed by atoms with Gasteiger partial charge in [0.05, 0.1) is 17.3 Å². The van der Waals surface area contributed by atoms with Crippen LogP contribution in [0.1, 0.15) is 24.1 Å². The molecule has 1 aliphatic heterocycles. The van der Waals surface area contributed by atoms with E-state index in [1.165, 1.54) is 5.56 Å². The van der Waals surface area contributed by atoms with Gasteiger partial charge in [0.1, 0.15) is 5.75 Å². The Morgan fingerprint density at radius 1 is 1.30 bits per heavy atom.